The fourth-order valence-corrected chi connectivity index (χ4v) is 1.86. The first-order valence-corrected chi connectivity index (χ1v) is 6.54. The average Bonchev–Trinajstić information content (AvgIpc) is 2.40. The number of rotatable bonds is 4. The molecule has 1 aromatic heterocycles. The Morgan fingerprint density at radius 2 is 2.10 bits per heavy atom. The van der Waals surface area contributed by atoms with Gasteiger partial charge in [0.25, 0.3) is 5.91 Å². The van der Waals surface area contributed by atoms with E-state index >= 15 is 0 Å². The molecule has 5 heteroatoms. The van der Waals surface area contributed by atoms with E-state index in [0.717, 1.165) is 11.1 Å². The van der Waals surface area contributed by atoms with Gasteiger partial charge in [0.15, 0.2) is 6.61 Å². The lowest BCUT2D eigenvalue weighted by molar-refractivity contribution is -0.118. The molecule has 0 unspecified atom stereocenters. The van der Waals surface area contributed by atoms with Crippen LogP contribution in [0.5, 0.6) is 5.75 Å². The summed E-state index contributed by atoms with van der Waals surface area (Å²) in [4.78, 5) is 15.6. The zero-order valence-corrected chi connectivity index (χ0v) is 12.1. The number of benzene rings is 1. The Morgan fingerprint density at radius 1 is 1.30 bits per heavy atom. The van der Waals surface area contributed by atoms with Crippen LogP contribution >= 0.6 is 11.6 Å². The topological polar surface area (TPSA) is 51.2 Å². The van der Waals surface area contributed by atoms with Crippen LogP contribution in [0.25, 0.3) is 0 Å². The van der Waals surface area contributed by atoms with Gasteiger partial charge in [-0.15, -0.1) is 0 Å². The van der Waals surface area contributed by atoms with Crippen LogP contribution in [0, 0.1) is 13.8 Å². The first kappa shape index (κ1) is 14.3. The van der Waals surface area contributed by atoms with E-state index in [-0.39, 0.29) is 12.5 Å². The van der Waals surface area contributed by atoms with Gasteiger partial charge in [0.2, 0.25) is 0 Å². The van der Waals surface area contributed by atoms with Gasteiger partial charge in [-0.3, -0.25) is 4.79 Å². The van der Waals surface area contributed by atoms with Crippen molar-refractivity contribution in [2.75, 3.05) is 11.9 Å². The van der Waals surface area contributed by atoms with E-state index in [4.69, 9.17) is 16.3 Å². The van der Waals surface area contributed by atoms with Crippen molar-refractivity contribution in [3.8, 4) is 5.75 Å². The van der Waals surface area contributed by atoms with E-state index in [1.165, 1.54) is 6.20 Å². The Balaban J connectivity index is 1.94. The predicted octanol–water partition coefficient (Wildman–Crippen LogP) is 3.37. The van der Waals surface area contributed by atoms with Crippen molar-refractivity contribution in [3.05, 3.63) is 52.8 Å². The van der Waals surface area contributed by atoms with Crippen LogP contribution in [0.1, 0.15) is 11.1 Å². The summed E-state index contributed by atoms with van der Waals surface area (Å²) >= 11 is 5.75. The summed E-state index contributed by atoms with van der Waals surface area (Å²) in [7, 11) is 0. The van der Waals surface area contributed by atoms with E-state index in [0.29, 0.717) is 16.6 Å². The van der Waals surface area contributed by atoms with Crippen LogP contribution in [0.15, 0.2) is 36.5 Å². The molecule has 1 heterocycles. The molecule has 0 saturated heterocycles. The molecular weight excluding hydrogens is 276 g/mol. The number of ether oxygens (including phenoxy) is 1. The normalized spacial score (nSPS) is 10.2. The molecule has 0 aliphatic rings. The highest BCUT2D eigenvalue weighted by Gasteiger charge is 2.06. The summed E-state index contributed by atoms with van der Waals surface area (Å²) in [6.45, 7) is 3.87. The molecule has 2 rings (SSSR count). The minimum absolute atomic E-state index is 0.0514. The second-order valence-electron chi connectivity index (χ2n) is 4.47. The number of carbonyl (C=O) groups excluding carboxylic acids is 1. The van der Waals surface area contributed by atoms with Gasteiger partial charge in [-0.05, 0) is 43.2 Å². The highest BCUT2D eigenvalue weighted by molar-refractivity contribution is 6.29. The van der Waals surface area contributed by atoms with Gasteiger partial charge in [-0.25, -0.2) is 4.98 Å². The van der Waals surface area contributed by atoms with E-state index in [2.05, 4.69) is 10.3 Å². The minimum Gasteiger partial charge on any atom is -0.483 e. The lowest BCUT2D eigenvalue weighted by Gasteiger charge is -2.10. The van der Waals surface area contributed by atoms with Crippen LogP contribution in [0.2, 0.25) is 5.15 Å². The fraction of sp³-hybridized carbons (Fsp3) is 0.200. The van der Waals surface area contributed by atoms with Gasteiger partial charge in [0.05, 0.1) is 0 Å². The molecule has 104 valence electrons. The second-order valence-corrected chi connectivity index (χ2v) is 4.86. The Kier molecular flexibility index (Phi) is 4.58. The Bertz CT molecular complexity index is 629. The largest absolute Gasteiger partial charge is 0.483 e. The molecule has 0 bridgehead atoms. The Hall–Kier alpha value is -2.07. The van der Waals surface area contributed by atoms with E-state index < -0.39 is 0 Å². The summed E-state index contributed by atoms with van der Waals surface area (Å²) in [6.07, 6.45) is 1.53. The molecular formula is C15H15ClN2O2. The van der Waals surface area contributed by atoms with Gasteiger partial charge in [-0.1, -0.05) is 23.7 Å². The summed E-state index contributed by atoms with van der Waals surface area (Å²) in [6, 6.07) is 9.12. The number of amides is 1. The van der Waals surface area contributed by atoms with Crippen molar-refractivity contribution in [2.24, 2.45) is 0 Å². The second kappa shape index (κ2) is 6.39. The monoisotopic (exact) mass is 290 g/mol. The molecule has 20 heavy (non-hydrogen) atoms. The van der Waals surface area contributed by atoms with Crippen molar-refractivity contribution in [3.63, 3.8) is 0 Å². The van der Waals surface area contributed by atoms with Crippen molar-refractivity contribution >= 4 is 23.2 Å². The molecule has 0 spiro atoms. The third kappa shape index (κ3) is 3.96. The first-order valence-electron chi connectivity index (χ1n) is 6.16. The van der Waals surface area contributed by atoms with E-state index in [1.54, 1.807) is 12.1 Å². The summed E-state index contributed by atoms with van der Waals surface area (Å²) in [5.41, 5.74) is 2.68. The van der Waals surface area contributed by atoms with Crippen molar-refractivity contribution in [1.82, 2.24) is 4.98 Å². The lowest BCUT2D eigenvalue weighted by Crippen LogP contribution is -2.20. The van der Waals surface area contributed by atoms with Crippen LogP contribution in [-0.4, -0.2) is 17.5 Å². The zero-order valence-electron chi connectivity index (χ0n) is 11.3. The number of hydrogen-bond donors (Lipinski definition) is 1. The van der Waals surface area contributed by atoms with Crippen LogP contribution in [0.3, 0.4) is 0 Å². The van der Waals surface area contributed by atoms with Crippen molar-refractivity contribution in [1.29, 1.82) is 0 Å². The third-order valence-corrected chi connectivity index (χ3v) is 2.92. The molecule has 0 saturated carbocycles. The van der Waals surface area contributed by atoms with Gasteiger partial charge in [0.1, 0.15) is 10.9 Å². The van der Waals surface area contributed by atoms with Gasteiger partial charge < -0.3 is 10.1 Å². The molecule has 0 aliphatic heterocycles. The number of hydrogen-bond acceptors (Lipinski definition) is 3. The molecule has 0 aliphatic carbocycles. The Morgan fingerprint density at radius 3 is 2.85 bits per heavy atom. The number of pyridine rings is 1. The molecule has 1 amide bonds. The number of aryl methyl sites for hydroxylation is 2. The van der Waals surface area contributed by atoms with Crippen molar-refractivity contribution in [2.45, 2.75) is 13.8 Å². The fourth-order valence-electron chi connectivity index (χ4n) is 1.68. The maximum Gasteiger partial charge on any atom is 0.262 e. The smallest absolute Gasteiger partial charge is 0.262 e. The van der Waals surface area contributed by atoms with Crippen LogP contribution < -0.4 is 10.1 Å². The van der Waals surface area contributed by atoms with Gasteiger partial charge >= 0.3 is 0 Å². The quantitative estimate of drug-likeness (QED) is 0.878. The number of carbonyl (C=O) groups is 1. The number of nitrogens with one attached hydrogen (secondary N) is 1. The maximum absolute atomic E-state index is 11.8. The molecule has 2 aromatic rings. The van der Waals surface area contributed by atoms with Crippen LogP contribution in [0.4, 0.5) is 5.69 Å². The van der Waals surface area contributed by atoms with Crippen LogP contribution in [-0.2, 0) is 4.79 Å². The zero-order chi connectivity index (χ0) is 14.5. The number of aromatic nitrogens is 1. The molecule has 0 radical (unpaired) electrons. The van der Waals surface area contributed by atoms with E-state index in [9.17, 15) is 4.79 Å². The molecule has 0 atom stereocenters. The summed E-state index contributed by atoms with van der Waals surface area (Å²) < 4.78 is 5.52. The molecule has 1 N–H and O–H groups in total. The maximum atomic E-state index is 11.8. The van der Waals surface area contributed by atoms with E-state index in [1.807, 2.05) is 32.0 Å². The Labute approximate surface area is 122 Å². The molecule has 1 aromatic carbocycles. The molecule has 4 nitrogen and oxygen atoms in total. The standard InChI is InChI=1S/C15H15ClN2O2/c1-10-3-4-11(2)13(7-10)20-9-15(19)18-12-5-6-17-14(16)8-12/h3-8H,9H2,1-2H3,(H,17,18,19). The van der Waals surface area contributed by atoms with Crippen molar-refractivity contribution < 1.29 is 9.53 Å². The predicted molar refractivity (Wildman–Crippen MR) is 79.3 cm³/mol. The van der Waals surface area contributed by atoms with Gasteiger partial charge in [0, 0.05) is 11.9 Å². The number of anilines is 1. The number of nitrogens with zero attached hydrogens (tertiary/aromatic N) is 1. The average molecular weight is 291 g/mol. The highest BCUT2D eigenvalue weighted by Crippen LogP contribution is 2.19. The van der Waals surface area contributed by atoms with Gasteiger partial charge in [-0.2, -0.15) is 0 Å². The SMILES string of the molecule is Cc1ccc(C)c(OCC(=O)Nc2ccnc(Cl)c2)c1. The molecule has 0 fully saturated rings. The highest BCUT2D eigenvalue weighted by atomic mass is 35.5. The first-order chi connectivity index (χ1) is 9.54. The third-order valence-electron chi connectivity index (χ3n) is 2.71. The summed E-state index contributed by atoms with van der Waals surface area (Å²) in [5, 5.41) is 3.03. The minimum atomic E-state index is -0.242. The summed E-state index contributed by atoms with van der Waals surface area (Å²) in [5.74, 6) is 0.473. The number of halogens is 1. The lowest BCUT2D eigenvalue weighted by atomic mass is 10.1.